The van der Waals surface area contributed by atoms with Gasteiger partial charge in [-0.2, -0.15) is 4.31 Å². The van der Waals surface area contributed by atoms with Crippen LogP contribution < -0.4 is 11.5 Å². The summed E-state index contributed by atoms with van der Waals surface area (Å²) in [5.74, 6) is -1.63. The van der Waals surface area contributed by atoms with E-state index < -0.39 is 27.7 Å². The van der Waals surface area contributed by atoms with Crippen LogP contribution in [0.2, 0.25) is 0 Å². The number of benzene rings is 1. The Hall–Kier alpha value is -1.67. The van der Waals surface area contributed by atoms with E-state index in [0.29, 0.717) is 19.4 Å². The number of carbonyl (C=O) groups excluding carboxylic acids is 1. The summed E-state index contributed by atoms with van der Waals surface area (Å²) in [7, 11) is -3.81. The minimum atomic E-state index is -3.81. The normalized spacial score (nSPS) is 20.4. The zero-order chi connectivity index (χ0) is 15.8. The van der Waals surface area contributed by atoms with Gasteiger partial charge in [0.1, 0.15) is 5.82 Å². The summed E-state index contributed by atoms with van der Waals surface area (Å²) >= 11 is 0. The van der Waals surface area contributed by atoms with E-state index in [2.05, 4.69) is 0 Å². The van der Waals surface area contributed by atoms with Crippen molar-refractivity contribution in [2.45, 2.75) is 24.7 Å². The van der Waals surface area contributed by atoms with E-state index in [1.165, 1.54) is 17.3 Å². The molecule has 116 valence electrons. The van der Waals surface area contributed by atoms with Crippen molar-refractivity contribution in [2.75, 3.05) is 18.8 Å². The highest BCUT2D eigenvalue weighted by atomic mass is 32.2. The Morgan fingerprint density at radius 1 is 1.43 bits per heavy atom. The summed E-state index contributed by atoms with van der Waals surface area (Å²) < 4.78 is 39.9. The Balaban J connectivity index is 2.36. The van der Waals surface area contributed by atoms with Gasteiger partial charge in [0.25, 0.3) is 0 Å². The van der Waals surface area contributed by atoms with Gasteiger partial charge in [-0.3, -0.25) is 4.79 Å². The van der Waals surface area contributed by atoms with Gasteiger partial charge >= 0.3 is 0 Å². The van der Waals surface area contributed by atoms with Gasteiger partial charge in [0.05, 0.1) is 16.5 Å². The monoisotopic (exact) mass is 315 g/mol. The molecule has 1 aromatic carbocycles. The minimum absolute atomic E-state index is 0.0496. The summed E-state index contributed by atoms with van der Waals surface area (Å²) in [6.07, 6.45) is 1.13. The van der Waals surface area contributed by atoms with E-state index in [9.17, 15) is 17.6 Å². The molecule has 1 fully saturated rings. The number of nitrogens with two attached hydrogens (primary N) is 2. The van der Waals surface area contributed by atoms with Crippen LogP contribution in [0, 0.1) is 18.7 Å². The van der Waals surface area contributed by atoms with E-state index >= 15 is 0 Å². The second kappa shape index (κ2) is 5.61. The molecule has 0 saturated carbocycles. The Bertz CT molecular complexity index is 652. The molecule has 0 aromatic heterocycles. The Kier molecular flexibility index (Phi) is 4.20. The molecule has 1 saturated heterocycles. The maximum Gasteiger partial charge on any atom is 0.243 e. The molecule has 1 aliphatic heterocycles. The first-order valence-electron chi connectivity index (χ1n) is 6.58. The van der Waals surface area contributed by atoms with Crippen molar-refractivity contribution < 1.29 is 17.6 Å². The van der Waals surface area contributed by atoms with Crippen LogP contribution in [0.5, 0.6) is 0 Å². The average molecular weight is 315 g/mol. The number of anilines is 1. The molecule has 1 amide bonds. The molecule has 1 aliphatic rings. The molecule has 0 bridgehead atoms. The third-order valence-corrected chi connectivity index (χ3v) is 5.52. The molecule has 6 nitrogen and oxygen atoms in total. The van der Waals surface area contributed by atoms with Crippen LogP contribution >= 0.6 is 0 Å². The van der Waals surface area contributed by atoms with Crippen LogP contribution in [0.3, 0.4) is 0 Å². The number of hydrogen-bond acceptors (Lipinski definition) is 4. The van der Waals surface area contributed by atoms with Gasteiger partial charge in [0, 0.05) is 13.1 Å². The second-order valence-corrected chi connectivity index (χ2v) is 7.19. The highest BCUT2D eigenvalue weighted by Crippen LogP contribution is 2.27. The number of rotatable bonds is 3. The molecule has 1 unspecified atom stereocenters. The number of piperidine rings is 1. The van der Waals surface area contributed by atoms with Crippen molar-refractivity contribution in [1.29, 1.82) is 0 Å². The maximum atomic E-state index is 13.5. The first-order chi connectivity index (χ1) is 9.73. The van der Waals surface area contributed by atoms with Gasteiger partial charge < -0.3 is 11.5 Å². The number of amides is 1. The molecule has 0 spiro atoms. The molecule has 2 rings (SSSR count). The molecule has 4 N–H and O–H groups in total. The second-order valence-electron chi connectivity index (χ2n) is 5.25. The van der Waals surface area contributed by atoms with Gasteiger partial charge in [-0.05, 0) is 37.5 Å². The fourth-order valence-electron chi connectivity index (χ4n) is 2.45. The Morgan fingerprint density at radius 3 is 2.67 bits per heavy atom. The number of aryl methyl sites for hydroxylation is 1. The SMILES string of the molecule is Cc1cc(S(=O)(=O)N2CCCC(C(N)=O)C2)cc(N)c1F. The van der Waals surface area contributed by atoms with Crippen molar-refractivity contribution >= 4 is 21.6 Å². The number of primary amides is 1. The molecule has 0 radical (unpaired) electrons. The topological polar surface area (TPSA) is 106 Å². The van der Waals surface area contributed by atoms with E-state index in [-0.39, 0.29) is 22.7 Å². The predicted octanol–water partition coefficient (Wildman–Crippen LogP) is 0.602. The fourth-order valence-corrected chi connectivity index (χ4v) is 4.10. The molecule has 1 atom stereocenters. The highest BCUT2D eigenvalue weighted by molar-refractivity contribution is 7.89. The maximum absolute atomic E-state index is 13.5. The van der Waals surface area contributed by atoms with Crippen LogP contribution in [-0.2, 0) is 14.8 Å². The third kappa shape index (κ3) is 3.01. The highest BCUT2D eigenvalue weighted by Gasteiger charge is 2.32. The van der Waals surface area contributed by atoms with Crippen LogP contribution in [0.15, 0.2) is 17.0 Å². The molecular formula is C13H18FN3O3S. The van der Waals surface area contributed by atoms with Crippen molar-refractivity contribution in [3.63, 3.8) is 0 Å². The third-order valence-electron chi connectivity index (χ3n) is 3.68. The van der Waals surface area contributed by atoms with Crippen molar-refractivity contribution in [3.8, 4) is 0 Å². The average Bonchev–Trinajstić information content (AvgIpc) is 2.44. The first-order valence-corrected chi connectivity index (χ1v) is 8.02. The van der Waals surface area contributed by atoms with E-state index in [1.54, 1.807) is 0 Å². The van der Waals surface area contributed by atoms with Crippen LogP contribution in [0.1, 0.15) is 18.4 Å². The number of carbonyl (C=O) groups is 1. The molecule has 21 heavy (non-hydrogen) atoms. The van der Waals surface area contributed by atoms with Crippen molar-refractivity contribution in [2.24, 2.45) is 11.7 Å². The summed E-state index contributed by atoms with van der Waals surface area (Å²) in [4.78, 5) is 11.2. The van der Waals surface area contributed by atoms with Crippen molar-refractivity contribution in [3.05, 3.63) is 23.5 Å². The summed E-state index contributed by atoms with van der Waals surface area (Å²) in [6, 6.07) is 2.35. The van der Waals surface area contributed by atoms with Gasteiger partial charge in [-0.15, -0.1) is 0 Å². The molecular weight excluding hydrogens is 297 g/mol. The van der Waals surface area contributed by atoms with Crippen molar-refractivity contribution in [1.82, 2.24) is 4.31 Å². The van der Waals surface area contributed by atoms with E-state index in [1.807, 2.05) is 0 Å². The van der Waals surface area contributed by atoms with Gasteiger partial charge in [0.2, 0.25) is 15.9 Å². The number of nitrogen functional groups attached to an aromatic ring is 1. The predicted molar refractivity (Wildman–Crippen MR) is 76.2 cm³/mol. The lowest BCUT2D eigenvalue weighted by atomic mass is 9.99. The lowest BCUT2D eigenvalue weighted by Crippen LogP contribution is -2.44. The van der Waals surface area contributed by atoms with Crippen LogP contribution in [-0.4, -0.2) is 31.7 Å². The van der Waals surface area contributed by atoms with Gasteiger partial charge in [-0.25, -0.2) is 12.8 Å². The van der Waals surface area contributed by atoms with Gasteiger partial charge in [-0.1, -0.05) is 0 Å². The standard InChI is InChI=1S/C13H18FN3O3S/c1-8-5-10(6-11(15)12(8)14)21(19,20)17-4-2-3-9(7-17)13(16)18/h5-6,9H,2-4,7,15H2,1H3,(H2,16,18). The Morgan fingerprint density at radius 2 is 2.10 bits per heavy atom. The fraction of sp³-hybridized carbons (Fsp3) is 0.462. The molecule has 1 heterocycles. The van der Waals surface area contributed by atoms with Crippen LogP contribution in [0.25, 0.3) is 0 Å². The van der Waals surface area contributed by atoms with Crippen LogP contribution in [0.4, 0.5) is 10.1 Å². The number of hydrogen-bond donors (Lipinski definition) is 2. The first kappa shape index (κ1) is 15.7. The number of halogens is 1. The number of nitrogens with zero attached hydrogens (tertiary/aromatic N) is 1. The summed E-state index contributed by atoms with van der Waals surface area (Å²) in [6.45, 7) is 1.81. The summed E-state index contributed by atoms with van der Waals surface area (Å²) in [5, 5.41) is 0. The molecule has 1 aromatic rings. The summed E-state index contributed by atoms with van der Waals surface area (Å²) in [5.41, 5.74) is 10.7. The minimum Gasteiger partial charge on any atom is -0.396 e. The smallest absolute Gasteiger partial charge is 0.243 e. The van der Waals surface area contributed by atoms with E-state index in [0.717, 1.165) is 6.07 Å². The lowest BCUT2D eigenvalue weighted by Gasteiger charge is -2.30. The lowest BCUT2D eigenvalue weighted by molar-refractivity contribution is -0.122. The largest absolute Gasteiger partial charge is 0.396 e. The zero-order valence-corrected chi connectivity index (χ0v) is 12.5. The molecule has 0 aliphatic carbocycles. The van der Waals surface area contributed by atoms with E-state index in [4.69, 9.17) is 11.5 Å². The molecule has 8 heteroatoms. The Labute approximate surface area is 123 Å². The van der Waals surface area contributed by atoms with Gasteiger partial charge in [0.15, 0.2) is 0 Å². The zero-order valence-electron chi connectivity index (χ0n) is 11.7. The quantitative estimate of drug-likeness (QED) is 0.797. The number of sulfonamides is 1.